The Balaban J connectivity index is 3.51. The van der Waals surface area contributed by atoms with Gasteiger partial charge in [0.25, 0.3) is 0 Å². The number of carbonyl (C=O) groups is 2. The molecule has 0 unspecified atom stereocenters. The summed E-state index contributed by atoms with van der Waals surface area (Å²) in [4.78, 5) is 23.0. The normalized spacial score (nSPS) is 11.5. The lowest BCUT2D eigenvalue weighted by Gasteiger charge is -2.05. The zero-order valence-electron chi connectivity index (χ0n) is 17.4. The molecule has 4 heteroatoms. The molecule has 0 aromatic heterocycles. The number of hydrogen-bond donors (Lipinski definition) is 0. The quantitative estimate of drug-likeness (QED) is 0.195. The van der Waals surface area contributed by atoms with Crippen molar-refractivity contribution >= 4 is 11.9 Å². The molecule has 0 aromatic rings. The molecule has 0 N–H and O–H groups in total. The summed E-state index contributed by atoms with van der Waals surface area (Å²) in [5.74, 6) is 0.556. The Kier molecular flexibility index (Phi) is 16.2. The maximum Gasteiger partial charge on any atom is 0.331 e. The fourth-order valence-corrected chi connectivity index (χ4v) is 2.59. The van der Waals surface area contributed by atoms with Crippen LogP contribution in [0.2, 0.25) is 0 Å². The molecule has 152 valence electrons. The topological polar surface area (TPSA) is 52.6 Å². The molecule has 0 heterocycles. The molecule has 0 fully saturated rings. The zero-order chi connectivity index (χ0) is 19.6. The van der Waals surface area contributed by atoms with Crippen LogP contribution in [0.3, 0.4) is 0 Å². The van der Waals surface area contributed by atoms with Crippen molar-refractivity contribution < 1.29 is 19.1 Å². The summed E-state index contributed by atoms with van der Waals surface area (Å²) in [5, 5.41) is 0. The van der Waals surface area contributed by atoms with Gasteiger partial charge >= 0.3 is 11.9 Å². The van der Waals surface area contributed by atoms with Gasteiger partial charge in [0.1, 0.15) is 0 Å². The first kappa shape index (κ1) is 24.7. The second-order valence-corrected chi connectivity index (χ2v) is 7.86. The van der Waals surface area contributed by atoms with Crippen LogP contribution in [0.5, 0.6) is 0 Å². The largest absolute Gasteiger partial charge is 0.463 e. The van der Waals surface area contributed by atoms with Gasteiger partial charge in [0, 0.05) is 12.2 Å². The molecule has 0 aliphatic carbocycles. The van der Waals surface area contributed by atoms with Crippen molar-refractivity contribution in [2.24, 2.45) is 11.8 Å². The molecule has 0 spiro atoms. The molecular formula is C22H40O4. The van der Waals surface area contributed by atoms with Crippen LogP contribution in [0.25, 0.3) is 0 Å². The highest BCUT2D eigenvalue weighted by molar-refractivity contribution is 5.91. The summed E-state index contributed by atoms with van der Waals surface area (Å²) in [6.45, 7) is 9.74. The van der Waals surface area contributed by atoms with Gasteiger partial charge in [-0.1, -0.05) is 79.1 Å². The highest BCUT2D eigenvalue weighted by Crippen LogP contribution is 2.10. The van der Waals surface area contributed by atoms with Crippen LogP contribution in [0.1, 0.15) is 91.9 Å². The predicted molar refractivity (Wildman–Crippen MR) is 107 cm³/mol. The average Bonchev–Trinajstić information content (AvgIpc) is 2.57. The van der Waals surface area contributed by atoms with Gasteiger partial charge in [0.2, 0.25) is 0 Å². The second kappa shape index (κ2) is 17.1. The van der Waals surface area contributed by atoms with E-state index < -0.39 is 11.9 Å². The summed E-state index contributed by atoms with van der Waals surface area (Å²) in [6, 6.07) is 0. The van der Waals surface area contributed by atoms with Gasteiger partial charge in [0.15, 0.2) is 0 Å². The molecule has 0 radical (unpaired) electrons. The van der Waals surface area contributed by atoms with Crippen LogP contribution in [0, 0.1) is 11.8 Å². The number of esters is 2. The Morgan fingerprint density at radius 1 is 0.615 bits per heavy atom. The van der Waals surface area contributed by atoms with Crippen molar-refractivity contribution in [2.45, 2.75) is 91.9 Å². The number of carbonyl (C=O) groups excluding carboxylic acids is 2. The summed E-state index contributed by atoms with van der Waals surface area (Å²) in [6.07, 6.45) is 13.5. The minimum Gasteiger partial charge on any atom is -0.463 e. The van der Waals surface area contributed by atoms with Crippen molar-refractivity contribution in [2.75, 3.05) is 13.2 Å². The van der Waals surface area contributed by atoms with Crippen molar-refractivity contribution in [3.63, 3.8) is 0 Å². The van der Waals surface area contributed by atoms with Crippen molar-refractivity contribution in [1.82, 2.24) is 0 Å². The van der Waals surface area contributed by atoms with Crippen molar-refractivity contribution in [1.29, 1.82) is 0 Å². The van der Waals surface area contributed by atoms with E-state index in [1.807, 2.05) is 0 Å². The van der Waals surface area contributed by atoms with Crippen LogP contribution < -0.4 is 0 Å². The van der Waals surface area contributed by atoms with Crippen LogP contribution in [0.4, 0.5) is 0 Å². The Morgan fingerprint density at radius 3 is 1.31 bits per heavy atom. The maximum atomic E-state index is 11.5. The first-order valence-corrected chi connectivity index (χ1v) is 10.4. The van der Waals surface area contributed by atoms with E-state index in [0.29, 0.717) is 13.2 Å². The molecule has 0 rings (SSSR count). The molecule has 4 nitrogen and oxygen atoms in total. The molecule has 0 atom stereocenters. The molecule has 0 aliphatic heterocycles. The minimum absolute atomic E-state index is 0.413. The Labute approximate surface area is 160 Å². The highest BCUT2D eigenvalue weighted by Gasteiger charge is 2.02. The van der Waals surface area contributed by atoms with E-state index in [1.54, 1.807) is 0 Å². The third-order valence-electron chi connectivity index (χ3n) is 4.20. The summed E-state index contributed by atoms with van der Waals surface area (Å²) in [5.41, 5.74) is 0. The third-order valence-corrected chi connectivity index (χ3v) is 4.20. The highest BCUT2D eigenvalue weighted by atomic mass is 16.5. The summed E-state index contributed by atoms with van der Waals surface area (Å²) >= 11 is 0. The van der Waals surface area contributed by atoms with E-state index in [1.165, 1.54) is 38.5 Å². The molecule has 0 amide bonds. The number of ether oxygens (including phenoxy) is 2. The molecule has 0 aliphatic rings. The fourth-order valence-electron chi connectivity index (χ4n) is 2.59. The van der Waals surface area contributed by atoms with E-state index in [2.05, 4.69) is 27.7 Å². The zero-order valence-corrected chi connectivity index (χ0v) is 17.4. The van der Waals surface area contributed by atoms with Crippen molar-refractivity contribution in [3.8, 4) is 0 Å². The van der Waals surface area contributed by atoms with Crippen molar-refractivity contribution in [3.05, 3.63) is 12.2 Å². The van der Waals surface area contributed by atoms with Gasteiger partial charge in [0.05, 0.1) is 13.2 Å². The van der Waals surface area contributed by atoms with Crippen LogP contribution in [-0.2, 0) is 19.1 Å². The number of rotatable bonds is 16. The van der Waals surface area contributed by atoms with Crippen LogP contribution in [0.15, 0.2) is 12.2 Å². The predicted octanol–water partition coefficient (Wildman–Crippen LogP) is 5.84. The number of hydrogen-bond acceptors (Lipinski definition) is 4. The maximum absolute atomic E-state index is 11.5. The van der Waals surface area contributed by atoms with Gasteiger partial charge in [-0.3, -0.25) is 0 Å². The van der Waals surface area contributed by atoms with Gasteiger partial charge in [-0.25, -0.2) is 9.59 Å². The third kappa shape index (κ3) is 19.0. The fraction of sp³-hybridized carbons (Fsp3) is 0.818. The Morgan fingerprint density at radius 2 is 0.962 bits per heavy atom. The smallest absolute Gasteiger partial charge is 0.331 e. The van der Waals surface area contributed by atoms with Crippen LogP contribution >= 0.6 is 0 Å². The number of unbranched alkanes of at least 4 members (excludes halogenated alkanes) is 6. The van der Waals surface area contributed by atoms with Gasteiger partial charge in [-0.05, 0) is 24.7 Å². The molecule has 0 aromatic carbocycles. The van der Waals surface area contributed by atoms with E-state index in [4.69, 9.17) is 9.47 Å². The lowest BCUT2D eigenvalue weighted by Crippen LogP contribution is -2.06. The SMILES string of the molecule is CC(C)CCCCCCOC(=O)C=CC(=O)OCCCCCCC(C)C. The Hall–Kier alpha value is -1.32. The first-order valence-electron chi connectivity index (χ1n) is 10.4. The summed E-state index contributed by atoms with van der Waals surface area (Å²) in [7, 11) is 0. The lowest BCUT2D eigenvalue weighted by molar-refractivity contribution is -0.140. The van der Waals surface area contributed by atoms with Gasteiger partial charge in [-0.2, -0.15) is 0 Å². The molecular weight excluding hydrogens is 328 g/mol. The van der Waals surface area contributed by atoms with Gasteiger partial charge in [-0.15, -0.1) is 0 Å². The second-order valence-electron chi connectivity index (χ2n) is 7.86. The molecule has 0 saturated heterocycles. The summed E-state index contributed by atoms with van der Waals surface area (Å²) < 4.78 is 10.2. The van der Waals surface area contributed by atoms with Crippen LogP contribution in [-0.4, -0.2) is 25.2 Å². The van der Waals surface area contributed by atoms with E-state index in [-0.39, 0.29) is 0 Å². The van der Waals surface area contributed by atoms with E-state index in [9.17, 15) is 9.59 Å². The standard InChI is InChI=1S/C22H40O4/c1-19(2)13-9-5-7-11-17-25-21(23)15-16-22(24)26-18-12-8-6-10-14-20(3)4/h15-16,19-20H,5-14,17-18H2,1-4H3. The van der Waals surface area contributed by atoms with E-state index >= 15 is 0 Å². The first-order chi connectivity index (χ1) is 12.4. The lowest BCUT2D eigenvalue weighted by atomic mass is 10.0. The van der Waals surface area contributed by atoms with Gasteiger partial charge < -0.3 is 9.47 Å². The Bertz CT molecular complexity index is 350. The van der Waals surface area contributed by atoms with E-state index in [0.717, 1.165) is 49.7 Å². The molecule has 26 heavy (non-hydrogen) atoms. The monoisotopic (exact) mass is 368 g/mol. The molecule has 0 saturated carbocycles. The molecule has 0 bridgehead atoms. The minimum atomic E-state index is -0.474. The average molecular weight is 369 g/mol.